The zero-order valence-electron chi connectivity index (χ0n) is 12.7. The topological polar surface area (TPSA) is 45.7 Å². The average molecular weight is 281 g/mol. The Kier molecular flexibility index (Phi) is 7.01. The van der Waals surface area contributed by atoms with Gasteiger partial charge in [-0.1, -0.05) is 12.1 Å². The van der Waals surface area contributed by atoms with E-state index in [4.69, 9.17) is 4.74 Å². The van der Waals surface area contributed by atoms with Crippen LogP contribution in [0.4, 0.5) is 4.39 Å². The summed E-state index contributed by atoms with van der Waals surface area (Å²) in [6, 6.07) is 5.23. The number of guanidine groups is 1. The minimum atomic E-state index is -0.184. The summed E-state index contributed by atoms with van der Waals surface area (Å²) in [4.78, 5) is 4.49. The molecule has 2 N–H and O–H groups in total. The zero-order valence-corrected chi connectivity index (χ0v) is 12.7. The van der Waals surface area contributed by atoms with E-state index in [-0.39, 0.29) is 11.9 Å². The summed E-state index contributed by atoms with van der Waals surface area (Å²) >= 11 is 0. The molecule has 20 heavy (non-hydrogen) atoms. The molecular formula is C15H24FN3O. The van der Waals surface area contributed by atoms with Crippen molar-refractivity contribution in [2.45, 2.75) is 33.4 Å². The van der Waals surface area contributed by atoms with E-state index in [1.54, 1.807) is 20.1 Å². The number of ether oxygens (including phenoxy) is 1. The number of nitrogens with one attached hydrogen (secondary N) is 2. The summed E-state index contributed by atoms with van der Waals surface area (Å²) in [5.41, 5.74) is 1.63. The molecule has 0 heterocycles. The molecule has 1 atom stereocenters. The second kappa shape index (κ2) is 8.53. The number of aliphatic imine (C=N–C) groups is 1. The number of rotatable bonds is 6. The molecule has 0 amide bonds. The van der Waals surface area contributed by atoms with Crippen LogP contribution in [-0.2, 0) is 11.3 Å². The molecule has 112 valence electrons. The van der Waals surface area contributed by atoms with Gasteiger partial charge in [0.2, 0.25) is 0 Å². The summed E-state index contributed by atoms with van der Waals surface area (Å²) in [6.07, 6.45) is 0. The average Bonchev–Trinajstić information content (AvgIpc) is 2.40. The van der Waals surface area contributed by atoms with Crippen LogP contribution in [0.2, 0.25) is 0 Å². The van der Waals surface area contributed by atoms with Crippen LogP contribution in [0.15, 0.2) is 23.2 Å². The van der Waals surface area contributed by atoms with Gasteiger partial charge in [-0.2, -0.15) is 0 Å². The van der Waals surface area contributed by atoms with Crippen molar-refractivity contribution in [1.29, 1.82) is 0 Å². The van der Waals surface area contributed by atoms with Gasteiger partial charge in [0.05, 0.1) is 13.2 Å². The smallest absolute Gasteiger partial charge is 0.191 e. The molecule has 1 aromatic carbocycles. The van der Waals surface area contributed by atoms with E-state index in [2.05, 4.69) is 15.6 Å². The van der Waals surface area contributed by atoms with Gasteiger partial charge in [0.1, 0.15) is 5.82 Å². The maximum atomic E-state index is 13.2. The molecule has 0 aromatic heterocycles. The van der Waals surface area contributed by atoms with E-state index in [0.717, 1.165) is 18.1 Å². The van der Waals surface area contributed by atoms with Crippen molar-refractivity contribution in [3.05, 3.63) is 35.1 Å². The Morgan fingerprint density at radius 3 is 2.80 bits per heavy atom. The van der Waals surface area contributed by atoms with Gasteiger partial charge in [-0.3, -0.25) is 0 Å². The Balaban J connectivity index is 2.68. The molecule has 5 heteroatoms. The highest BCUT2D eigenvalue weighted by Crippen LogP contribution is 2.10. The van der Waals surface area contributed by atoms with Crippen LogP contribution in [-0.4, -0.2) is 32.3 Å². The number of halogens is 1. The Morgan fingerprint density at radius 1 is 1.45 bits per heavy atom. The lowest BCUT2D eigenvalue weighted by Crippen LogP contribution is -2.43. The SMILES string of the molecule is CCNC(=NCc1ccc(F)c(C)c1)NC(C)COC. The molecule has 0 bridgehead atoms. The van der Waals surface area contributed by atoms with Crippen LogP contribution >= 0.6 is 0 Å². The summed E-state index contributed by atoms with van der Waals surface area (Å²) in [5.74, 6) is 0.551. The van der Waals surface area contributed by atoms with Crippen molar-refractivity contribution in [3.63, 3.8) is 0 Å². The third kappa shape index (κ3) is 5.57. The standard InChI is InChI=1S/C15H24FN3O/c1-5-17-15(19-12(3)10-20-4)18-9-13-6-7-14(16)11(2)8-13/h6-8,12H,5,9-10H2,1-4H3,(H2,17,18,19). The minimum absolute atomic E-state index is 0.174. The van der Waals surface area contributed by atoms with E-state index in [1.165, 1.54) is 6.07 Å². The van der Waals surface area contributed by atoms with Gasteiger partial charge in [-0.25, -0.2) is 9.38 Å². The van der Waals surface area contributed by atoms with Crippen molar-refractivity contribution in [2.24, 2.45) is 4.99 Å². The van der Waals surface area contributed by atoms with E-state index in [0.29, 0.717) is 18.7 Å². The highest BCUT2D eigenvalue weighted by Gasteiger charge is 2.04. The molecule has 1 aromatic rings. The van der Waals surface area contributed by atoms with Crippen molar-refractivity contribution in [3.8, 4) is 0 Å². The number of hydrogen-bond acceptors (Lipinski definition) is 2. The van der Waals surface area contributed by atoms with Crippen LogP contribution in [0, 0.1) is 12.7 Å². The van der Waals surface area contributed by atoms with Gasteiger partial charge in [0.15, 0.2) is 5.96 Å². The van der Waals surface area contributed by atoms with Gasteiger partial charge < -0.3 is 15.4 Å². The first-order valence-electron chi connectivity index (χ1n) is 6.85. The Bertz CT molecular complexity index is 449. The van der Waals surface area contributed by atoms with Crippen LogP contribution in [0.3, 0.4) is 0 Å². The zero-order chi connectivity index (χ0) is 15.0. The van der Waals surface area contributed by atoms with Gasteiger partial charge in [-0.15, -0.1) is 0 Å². The second-order valence-corrected chi connectivity index (χ2v) is 4.78. The number of aryl methyl sites for hydroxylation is 1. The van der Waals surface area contributed by atoms with Gasteiger partial charge >= 0.3 is 0 Å². The maximum Gasteiger partial charge on any atom is 0.191 e. The lowest BCUT2D eigenvalue weighted by atomic mass is 10.1. The quantitative estimate of drug-likeness (QED) is 0.621. The fraction of sp³-hybridized carbons (Fsp3) is 0.533. The first kappa shape index (κ1) is 16.4. The number of nitrogens with zero attached hydrogens (tertiary/aromatic N) is 1. The molecule has 0 spiro atoms. The lowest BCUT2D eigenvalue weighted by molar-refractivity contribution is 0.179. The normalized spacial score (nSPS) is 13.2. The third-order valence-electron chi connectivity index (χ3n) is 2.79. The number of methoxy groups -OCH3 is 1. The second-order valence-electron chi connectivity index (χ2n) is 4.78. The van der Waals surface area contributed by atoms with E-state index in [1.807, 2.05) is 19.9 Å². The number of benzene rings is 1. The highest BCUT2D eigenvalue weighted by molar-refractivity contribution is 5.80. The van der Waals surface area contributed by atoms with Crippen molar-refractivity contribution >= 4 is 5.96 Å². The predicted octanol–water partition coefficient (Wildman–Crippen LogP) is 2.22. The molecule has 0 saturated carbocycles. The third-order valence-corrected chi connectivity index (χ3v) is 2.79. The summed E-state index contributed by atoms with van der Waals surface area (Å²) in [6.45, 7) is 7.70. The van der Waals surface area contributed by atoms with Crippen molar-refractivity contribution < 1.29 is 9.13 Å². The Morgan fingerprint density at radius 2 is 2.20 bits per heavy atom. The molecule has 4 nitrogen and oxygen atoms in total. The largest absolute Gasteiger partial charge is 0.383 e. The monoisotopic (exact) mass is 281 g/mol. The van der Waals surface area contributed by atoms with Gasteiger partial charge in [-0.05, 0) is 38.0 Å². The first-order valence-corrected chi connectivity index (χ1v) is 6.85. The maximum absolute atomic E-state index is 13.2. The van der Waals surface area contributed by atoms with Crippen molar-refractivity contribution in [1.82, 2.24) is 10.6 Å². The predicted molar refractivity (Wildman–Crippen MR) is 80.4 cm³/mol. The summed E-state index contributed by atoms with van der Waals surface area (Å²) < 4.78 is 18.3. The molecule has 0 saturated heterocycles. The fourth-order valence-corrected chi connectivity index (χ4v) is 1.82. The Hall–Kier alpha value is -1.62. The molecule has 1 rings (SSSR count). The van der Waals surface area contributed by atoms with Gasteiger partial charge in [0, 0.05) is 19.7 Å². The molecule has 0 fully saturated rings. The van der Waals surface area contributed by atoms with E-state index in [9.17, 15) is 4.39 Å². The molecule has 0 aliphatic carbocycles. The lowest BCUT2D eigenvalue weighted by Gasteiger charge is -2.17. The van der Waals surface area contributed by atoms with E-state index >= 15 is 0 Å². The molecular weight excluding hydrogens is 257 g/mol. The minimum Gasteiger partial charge on any atom is -0.383 e. The van der Waals surface area contributed by atoms with Crippen LogP contribution in [0.25, 0.3) is 0 Å². The van der Waals surface area contributed by atoms with Crippen molar-refractivity contribution in [2.75, 3.05) is 20.3 Å². The number of hydrogen-bond donors (Lipinski definition) is 2. The van der Waals surface area contributed by atoms with Crippen LogP contribution in [0.1, 0.15) is 25.0 Å². The molecule has 1 unspecified atom stereocenters. The van der Waals surface area contributed by atoms with Crippen LogP contribution < -0.4 is 10.6 Å². The van der Waals surface area contributed by atoms with E-state index < -0.39 is 0 Å². The fourth-order valence-electron chi connectivity index (χ4n) is 1.82. The molecule has 0 radical (unpaired) electrons. The molecule has 0 aliphatic rings. The molecule has 0 aliphatic heterocycles. The van der Waals surface area contributed by atoms with Crippen LogP contribution in [0.5, 0.6) is 0 Å². The first-order chi connectivity index (χ1) is 9.56. The highest BCUT2D eigenvalue weighted by atomic mass is 19.1. The summed E-state index contributed by atoms with van der Waals surface area (Å²) in [5, 5.41) is 6.43. The summed E-state index contributed by atoms with van der Waals surface area (Å²) in [7, 11) is 1.67. The van der Waals surface area contributed by atoms with Gasteiger partial charge in [0.25, 0.3) is 0 Å². The Labute approximate surface area is 120 Å².